The summed E-state index contributed by atoms with van der Waals surface area (Å²) in [5.74, 6) is 0. The molecule has 2 aromatic rings. The summed E-state index contributed by atoms with van der Waals surface area (Å²) in [6.07, 6.45) is 1.92. The zero-order valence-corrected chi connectivity index (χ0v) is 7.99. The zero-order valence-electron chi connectivity index (χ0n) is 7.99. The molecule has 1 radical (unpaired) electrons. The maximum Gasteiger partial charge on any atom is 0.0950 e. The number of hydrogen-bond acceptors (Lipinski definition) is 1. The van der Waals surface area contributed by atoms with Crippen LogP contribution in [0, 0.1) is 6.42 Å². The van der Waals surface area contributed by atoms with Crippen molar-refractivity contribution in [1.29, 1.82) is 0 Å². The van der Waals surface area contributed by atoms with Gasteiger partial charge in [0.15, 0.2) is 0 Å². The SMILES string of the molecule is CC1(O)[CH]c2cccc3cccc1c23. The number of benzene rings is 2. The first-order valence-electron chi connectivity index (χ1n) is 4.79. The smallest absolute Gasteiger partial charge is 0.0950 e. The van der Waals surface area contributed by atoms with Crippen LogP contribution in [0.1, 0.15) is 18.1 Å². The third kappa shape index (κ3) is 0.878. The Bertz CT molecular complexity index is 506. The maximum atomic E-state index is 10.2. The van der Waals surface area contributed by atoms with Gasteiger partial charge in [-0.3, -0.25) is 0 Å². The minimum Gasteiger partial charge on any atom is -0.385 e. The molecule has 1 atom stereocenters. The number of aliphatic hydroxyl groups is 1. The van der Waals surface area contributed by atoms with E-state index in [0.29, 0.717) is 0 Å². The molecule has 1 nitrogen and oxygen atoms in total. The van der Waals surface area contributed by atoms with Gasteiger partial charge in [0, 0.05) is 6.42 Å². The van der Waals surface area contributed by atoms with Crippen LogP contribution in [-0.4, -0.2) is 5.11 Å². The highest BCUT2D eigenvalue weighted by Crippen LogP contribution is 2.41. The Morgan fingerprint density at radius 3 is 2.57 bits per heavy atom. The summed E-state index contributed by atoms with van der Waals surface area (Å²) in [5, 5.41) is 12.6. The van der Waals surface area contributed by atoms with Crippen molar-refractivity contribution in [2.45, 2.75) is 12.5 Å². The highest BCUT2D eigenvalue weighted by molar-refractivity contribution is 5.93. The average molecular weight is 183 g/mol. The summed E-state index contributed by atoms with van der Waals surface area (Å²) in [6, 6.07) is 12.2. The summed E-state index contributed by atoms with van der Waals surface area (Å²) in [4.78, 5) is 0. The van der Waals surface area contributed by atoms with Crippen molar-refractivity contribution < 1.29 is 5.11 Å². The van der Waals surface area contributed by atoms with E-state index in [1.165, 1.54) is 10.8 Å². The molecule has 0 spiro atoms. The van der Waals surface area contributed by atoms with Gasteiger partial charge in [0.1, 0.15) is 0 Å². The minimum atomic E-state index is -0.802. The second-order valence-electron chi connectivity index (χ2n) is 4.04. The first-order valence-corrected chi connectivity index (χ1v) is 4.79. The van der Waals surface area contributed by atoms with E-state index in [4.69, 9.17) is 0 Å². The van der Waals surface area contributed by atoms with Crippen LogP contribution in [0.15, 0.2) is 36.4 Å². The van der Waals surface area contributed by atoms with Crippen molar-refractivity contribution in [2.75, 3.05) is 0 Å². The van der Waals surface area contributed by atoms with Crippen LogP contribution in [0.25, 0.3) is 10.8 Å². The molecule has 1 N–H and O–H groups in total. The molecule has 0 aliphatic heterocycles. The molecule has 14 heavy (non-hydrogen) atoms. The molecular formula is C13H11O. The van der Waals surface area contributed by atoms with Crippen LogP contribution < -0.4 is 0 Å². The summed E-state index contributed by atoms with van der Waals surface area (Å²) in [5.41, 5.74) is 1.36. The van der Waals surface area contributed by atoms with E-state index < -0.39 is 5.60 Å². The molecule has 0 bridgehead atoms. The molecule has 0 saturated heterocycles. The highest BCUT2D eigenvalue weighted by atomic mass is 16.3. The molecule has 1 aliphatic carbocycles. The van der Waals surface area contributed by atoms with Crippen molar-refractivity contribution in [3.63, 3.8) is 0 Å². The lowest BCUT2D eigenvalue weighted by molar-refractivity contribution is 0.102. The highest BCUT2D eigenvalue weighted by Gasteiger charge is 2.32. The van der Waals surface area contributed by atoms with E-state index in [-0.39, 0.29) is 0 Å². The van der Waals surface area contributed by atoms with Crippen LogP contribution >= 0.6 is 0 Å². The van der Waals surface area contributed by atoms with Gasteiger partial charge in [-0.2, -0.15) is 0 Å². The number of hydrogen-bond donors (Lipinski definition) is 1. The maximum absolute atomic E-state index is 10.2. The Balaban J connectivity index is 2.50. The fourth-order valence-corrected chi connectivity index (χ4v) is 2.29. The fourth-order valence-electron chi connectivity index (χ4n) is 2.29. The van der Waals surface area contributed by atoms with Gasteiger partial charge < -0.3 is 5.11 Å². The molecule has 0 heterocycles. The third-order valence-electron chi connectivity index (χ3n) is 2.92. The summed E-state index contributed by atoms with van der Waals surface area (Å²) >= 11 is 0. The second-order valence-corrected chi connectivity index (χ2v) is 4.04. The van der Waals surface area contributed by atoms with Gasteiger partial charge in [0.25, 0.3) is 0 Å². The Morgan fingerprint density at radius 1 is 1.07 bits per heavy atom. The first-order chi connectivity index (χ1) is 6.68. The summed E-state index contributed by atoms with van der Waals surface area (Å²) in [6.45, 7) is 1.84. The Labute approximate surface area is 83.0 Å². The van der Waals surface area contributed by atoms with Crippen LogP contribution in [-0.2, 0) is 5.60 Å². The van der Waals surface area contributed by atoms with Crippen LogP contribution in [0.5, 0.6) is 0 Å². The average Bonchev–Trinajstić information content (AvgIpc) is 2.41. The molecule has 1 aliphatic rings. The zero-order chi connectivity index (χ0) is 9.76. The predicted octanol–water partition coefficient (Wildman–Crippen LogP) is 2.61. The van der Waals surface area contributed by atoms with Crippen molar-refractivity contribution in [3.05, 3.63) is 53.9 Å². The molecule has 0 amide bonds. The molecule has 1 unspecified atom stereocenters. The van der Waals surface area contributed by atoms with Gasteiger partial charge in [-0.1, -0.05) is 36.4 Å². The molecule has 3 rings (SSSR count). The largest absolute Gasteiger partial charge is 0.385 e. The topological polar surface area (TPSA) is 20.2 Å². The summed E-state index contributed by atoms with van der Waals surface area (Å²) in [7, 11) is 0. The Kier molecular flexibility index (Phi) is 1.35. The number of rotatable bonds is 0. The van der Waals surface area contributed by atoms with Gasteiger partial charge in [-0.25, -0.2) is 0 Å². The minimum absolute atomic E-state index is 0.802. The standard InChI is InChI=1S/C13H11O/c1-13(14)8-10-6-2-4-9-5-3-7-11(13)12(9)10/h2-8,14H,1H3. The van der Waals surface area contributed by atoms with Gasteiger partial charge in [0.05, 0.1) is 5.60 Å². The van der Waals surface area contributed by atoms with Gasteiger partial charge in [-0.15, -0.1) is 0 Å². The van der Waals surface area contributed by atoms with E-state index in [1.807, 2.05) is 37.6 Å². The van der Waals surface area contributed by atoms with Gasteiger partial charge >= 0.3 is 0 Å². The molecule has 0 aromatic heterocycles. The normalized spacial score (nSPS) is 24.4. The van der Waals surface area contributed by atoms with Crippen LogP contribution in [0.2, 0.25) is 0 Å². The predicted molar refractivity (Wildman–Crippen MR) is 56.9 cm³/mol. The first kappa shape index (κ1) is 8.01. The summed E-state index contributed by atoms with van der Waals surface area (Å²) < 4.78 is 0. The second kappa shape index (κ2) is 2.37. The molecule has 69 valence electrons. The quantitative estimate of drug-likeness (QED) is 0.665. The Hall–Kier alpha value is -1.34. The van der Waals surface area contributed by atoms with Crippen molar-refractivity contribution in [1.82, 2.24) is 0 Å². The lowest BCUT2D eigenvalue weighted by Crippen LogP contribution is -2.17. The van der Waals surface area contributed by atoms with E-state index in [2.05, 4.69) is 12.1 Å². The van der Waals surface area contributed by atoms with Crippen molar-refractivity contribution in [2.24, 2.45) is 0 Å². The monoisotopic (exact) mass is 183 g/mol. The van der Waals surface area contributed by atoms with Crippen LogP contribution in [0.4, 0.5) is 0 Å². The fraction of sp³-hybridized carbons (Fsp3) is 0.154. The van der Waals surface area contributed by atoms with Crippen molar-refractivity contribution >= 4 is 10.8 Å². The third-order valence-corrected chi connectivity index (χ3v) is 2.92. The molecule has 0 fully saturated rings. The lowest BCUT2D eigenvalue weighted by atomic mass is 9.97. The van der Waals surface area contributed by atoms with E-state index in [1.54, 1.807) is 0 Å². The Morgan fingerprint density at radius 2 is 1.79 bits per heavy atom. The van der Waals surface area contributed by atoms with E-state index >= 15 is 0 Å². The van der Waals surface area contributed by atoms with Gasteiger partial charge in [0.2, 0.25) is 0 Å². The van der Waals surface area contributed by atoms with Gasteiger partial charge in [-0.05, 0) is 28.8 Å². The molecule has 2 aromatic carbocycles. The molecular weight excluding hydrogens is 172 g/mol. The lowest BCUT2D eigenvalue weighted by Gasteiger charge is -2.16. The van der Waals surface area contributed by atoms with E-state index in [0.717, 1.165) is 11.1 Å². The molecule has 1 heteroatoms. The molecule has 0 saturated carbocycles. The van der Waals surface area contributed by atoms with Crippen LogP contribution in [0.3, 0.4) is 0 Å². The van der Waals surface area contributed by atoms with Crippen molar-refractivity contribution in [3.8, 4) is 0 Å². The van der Waals surface area contributed by atoms with E-state index in [9.17, 15) is 5.11 Å².